The molecular formula is C23H33N7S. The van der Waals surface area contributed by atoms with Crippen LogP contribution < -0.4 is 20.4 Å². The number of hydrogen-bond donors (Lipinski definition) is 2. The highest BCUT2D eigenvalue weighted by Crippen LogP contribution is 2.29. The van der Waals surface area contributed by atoms with Gasteiger partial charge in [-0.1, -0.05) is 13.0 Å². The summed E-state index contributed by atoms with van der Waals surface area (Å²) in [7, 11) is 0. The molecule has 2 aromatic heterocycles. The minimum absolute atomic E-state index is 0.487. The van der Waals surface area contributed by atoms with Crippen molar-refractivity contribution >= 4 is 34.9 Å². The lowest BCUT2D eigenvalue weighted by atomic mass is 9.99. The van der Waals surface area contributed by atoms with Gasteiger partial charge in [0.1, 0.15) is 11.6 Å². The van der Waals surface area contributed by atoms with Crippen LogP contribution in [0.25, 0.3) is 0 Å². The van der Waals surface area contributed by atoms with Crippen LogP contribution in [-0.4, -0.2) is 45.7 Å². The third-order valence-corrected chi connectivity index (χ3v) is 6.55. The number of anilines is 3. The van der Waals surface area contributed by atoms with Crippen LogP contribution in [-0.2, 0) is 6.54 Å². The lowest BCUT2D eigenvalue weighted by molar-refractivity contribution is 0.436. The molecule has 8 heteroatoms. The smallest absolute Gasteiger partial charge is 0.232 e. The van der Waals surface area contributed by atoms with Crippen molar-refractivity contribution in [3.8, 4) is 0 Å². The third-order valence-electron chi connectivity index (χ3n) is 6.31. The van der Waals surface area contributed by atoms with Gasteiger partial charge in [0.05, 0.1) is 0 Å². The highest BCUT2D eigenvalue weighted by Gasteiger charge is 2.24. The Morgan fingerprint density at radius 1 is 1.10 bits per heavy atom. The minimum Gasteiger partial charge on any atom is -0.358 e. The number of aromatic nitrogens is 3. The van der Waals surface area contributed by atoms with E-state index in [0.717, 1.165) is 42.8 Å². The molecule has 2 N–H and O–H groups in total. The fourth-order valence-corrected chi connectivity index (χ4v) is 4.46. The van der Waals surface area contributed by atoms with Crippen molar-refractivity contribution in [1.82, 2.24) is 20.3 Å². The fourth-order valence-electron chi connectivity index (χ4n) is 4.29. The third kappa shape index (κ3) is 5.81. The Morgan fingerprint density at radius 2 is 1.90 bits per heavy atom. The molecular weight excluding hydrogens is 406 g/mol. The topological polar surface area (TPSA) is 69.2 Å². The molecule has 0 saturated carbocycles. The molecule has 0 aliphatic carbocycles. The van der Waals surface area contributed by atoms with E-state index in [9.17, 15) is 0 Å². The molecule has 4 rings (SSSR count). The summed E-state index contributed by atoms with van der Waals surface area (Å²) in [6, 6.07) is 6.59. The van der Waals surface area contributed by atoms with Crippen LogP contribution in [0.4, 0.5) is 17.6 Å². The van der Waals surface area contributed by atoms with E-state index >= 15 is 0 Å². The number of piperidine rings is 2. The van der Waals surface area contributed by atoms with Gasteiger partial charge < -0.3 is 20.4 Å². The lowest BCUT2D eigenvalue weighted by Gasteiger charge is -2.36. The zero-order chi connectivity index (χ0) is 21.6. The number of hydrogen-bond acceptors (Lipinski definition) is 6. The Balaban J connectivity index is 1.51. The van der Waals surface area contributed by atoms with Gasteiger partial charge in [-0.05, 0) is 68.8 Å². The van der Waals surface area contributed by atoms with Gasteiger partial charge in [-0.3, -0.25) is 4.98 Å². The van der Waals surface area contributed by atoms with Crippen molar-refractivity contribution in [3.05, 3.63) is 36.2 Å². The first-order valence-corrected chi connectivity index (χ1v) is 11.8. The average Bonchev–Trinajstić information content (AvgIpc) is 2.79. The van der Waals surface area contributed by atoms with Gasteiger partial charge in [-0.2, -0.15) is 9.97 Å². The summed E-state index contributed by atoms with van der Waals surface area (Å²) in [6.07, 6.45) is 9.70. The van der Waals surface area contributed by atoms with Crippen LogP contribution in [0.3, 0.4) is 0 Å². The maximum absolute atomic E-state index is 5.52. The molecule has 2 aliphatic heterocycles. The number of rotatable bonds is 5. The number of nitrogens with zero attached hydrogens (tertiary/aromatic N) is 5. The number of thiocarbonyl (C=S) groups is 1. The molecule has 0 radical (unpaired) electrons. The minimum atomic E-state index is 0.487. The molecule has 0 unspecified atom stereocenters. The summed E-state index contributed by atoms with van der Waals surface area (Å²) in [5.41, 5.74) is 1.08. The van der Waals surface area contributed by atoms with Gasteiger partial charge in [0.2, 0.25) is 5.95 Å². The van der Waals surface area contributed by atoms with E-state index in [-0.39, 0.29) is 0 Å². The molecule has 2 saturated heterocycles. The van der Waals surface area contributed by atoms with Crippen molar-refractivity contribution in [2.24, 2.45) is 5.92 Å². The van der Waals surface area contributed by atoms with E-state index in [1.54, 1.807) is 6.20 Å². The largest absolute Gasteiger partial charge is 0.358 e. The molecule has 0 amide bonds. The molecule has 2 fully saturated rings. The monoisotopic (exact) mass is 439 g/mol. The van der Waals surface area contributed by atoms with E-state index in [4.69, 9.17) is 22.2 Å². The Bertz CT molecular complexity index is 867. The molecule has 0 bridgehead atoms. The van der Waals surface area contributed by atoms with Crippen LogP contribution in [0.5, 0.6) is 0 Å². The Kier molecular flexibility index (Phi) is 7.17. The van der Waals surface area contributed by atoms with Gasteiger partial charge in [-0.15, -0.1) is 0 Å². The summed E-state index contributed by atoms with van der Waals surface area (Å²) in [4.78, 5) is 18.6. The van der Waals surface area contributed by atoms with E-state index < -0.39 is 0 Å². The zero-order valence-corrected chi connectivity index (χ0v) is 19.4. The van der Waals surface area contributed by atoms with E-state index in [2.05, 4.69) is 45.3 Å². The van der Waals surface area contributed by atoms with E-state index in [0.29, 0.717) is 23.6 Å². The van der Waals surface area contributed by atoms with Crippen molar-refractivity contribution in [2.45, 2.75) is 58.5 Å². The quantitative estimate of drug-likeness (QED) is 0.678. The molecule has 0 aromatic carbocycles. The first kappa shape index (κ1) is 21.7. The van der Waals surface area contributed by atoms with E-state index in [1.165, 1.54) is 32.1 Å². The molecule has 2 aromatic rings. The summed E-state index contributed by atoms with van der Waals surface area (Å²) < 4.78 is 0. The Hall–Kier alpha value is -2.48. The van der Waals surface area contributed by atoms with Gasteiger partial charge in [-0.25, -0.2) is 0 Å². The van der Waals surface area contributed by atoms with E-state index in [1.807, 2.05) is 18.3 Å². The molecule has 1 atom stereocenters. The predicted octanol–water partition coefficient (Wildman–Crippen LogP) is 3.97. The maximum atomic E-state index is 5.52. The summed E-state index contributed by atoms with van der Waals surface area (Å²) in [5.74, 6) is 3.33. The lowest BCUT2D eigenvalue weighted by Crippen LogP contribution is -2.39. The van der Waals surface area contributed by atoms with Gasteiger partial charge in [0.15, 0.2) is 5.11 Å². The van der Waals surface area contributed by atoms with Gasteiger partial charge in [0.25, 0.3) is 0 Å². The van der Waals surface area contributed by atoms with Gasteiger partial charge >= 0.3 is 0 Å². The van der Waals surface area contributed by atoms with Crippen LogP contribution in [0, 0.1) is 5.92 Å². The summed E-state index contributed by atoms with van der Waals surface area (Å²) in [5, 5.41) is 6.97. The Labute approximate surface area is 190 Å². The second-order valence-electron chi connectivity index (χ2n) is 8.78. The molecule has 4 heterocycles. The molecule has 166 valence electrons. The van der Waals surface area contributed by atoms with Crippen molar-refractivity contribution in [1.29, 1.82) is 0 Å². The highest BCUT2D eigenvalue weighted by atomic mass is 32.1. The Morgan fingerprint density at radius 3 is 2.65 bits per heavy atom. The van der Waals surface area contributed by atoms with Crippen LogP contribution in [0.2, 0.25) is 0 Å². The van der Waals surface area contributed by atoms with Crippen LogP contribution >= 0.6 is 12.2 Å². The second-order valence-corrected chi connectivity index (χ2v) is 9.19. The standard InChI is InChI=1S/C23H33N7S/c1-17-8-12-29(13-9-17)20-14-21(30-11-4-3-6-18(30)2)27-22(26-20)28-23(31)25-16-19-7-5-10-24-15-19/h5,7,10,14-15,17-18H,3-4,6,8-9,11-13,16H2,1-2H3,(H2,25,26,27,28,31)/t18-/m1/s1. The number of nitrogens with one attached hydrogen (secondary N) is 2. The molecule has 0 spiro atoms. The fraction of sp³-hybridized carbons (Fsp3) is 0.565. The normalized spacial score (nSPS) is 19.9. The molecule has 2 aliphatic rings. The first-order valence-electron chi connectivity index (χ1n) is 11.4. The zero-order valence-electron chi connectivity index (χ0n) is 18.5. The molecule has 7 nitrogen and oxygen atoms in total. The SMILES string of the molecule is CC1CCN(c2cc(N3CCCC[C@H]3C)nc(NC(=S)NCc3cccnc3)n2)CC1. The summed E-state index contributed by atoms with van der Waals surface area (Å²) >= 11 is 5.52. The van der Waals surface area contributed by atoms with Gasteiger partial charge in [0, 0.05) is 50.7 Å². The summed E-state index contributed by atoms with van der Waals surface area (Å²) in [6.45, 7) is 8.35. The predicted molar refractivity (Wildman–Crippen MR) is 131 cm³/mol. The number of pyridine rings is 1. The maximum Gasteiger partial charge on any atom is 0.232 e. The van der Waals surface area contributed by atoms with Crippen LogP contribution in [0.15, 0.2) is 30.6 Å². The van der Waals surface area contributed by atoms with Crippen molar-refractivity contribution < 1.29 is 0 Å². The first-order chi connectivity index (χ1) is 15.1. The highest BCUT2D eigenvalue weighted by molar-refractivity contribution is 7.80. The van der Waals surface area contributed by atoms with Crippen molar-refractivity contribution in [2.75, 3.05) is 34.8 Å². The second kappa shape index (κ2) is 10.2. The average molecular weight is 440 g/mol. The van der Waals surface area contributed by atoms with Crippen LogP contribution in [0.1, 0.15) is 51.5 Å². The molecule has 31 heavy (non-hydrogen) atoms. The van der Waals surface area contributed by atoms with Crippen molar-refractivity contribution in [3.63, 3.8) is 0 Å².